The molecule has 0 aliphatic carbocycles. The highest BCUT2D eigenvalue weighted by atomic mass is 35.5. The first-order valence-electron chi connectivity index (χ1n) is 7.08. The summed E-state index contributed by atoms with van der Waals surface area (Å²) in [6.07, 6.45) is -0.680. The van der Waals surface area contributed by atoms with Crippen molar-refractivity contribution < 1.29 is 14.6 Å². The van der Waals surface area contributed by atoms with Crippen molar-refractivity contribution in [3.8, 4) is 5.75 Å². The molecule has 116 valence electrons. The molecule has 0 unspecified atom stereocenters. The van der Waals surface area contributed by atoms with Crippen molar-refractivity contribution in [2.24, 2.45) is 0 Å². The molecule has 3 nitrogen and oxygen atoms in total. The van der Waals surface area contributed by atoms with Gasteiger partial charge in [-0.25, -0.2) is 4.79 Å². The SMILES string of the molecule is Cc1cc(C)c(C)c(O[C@H](Cc2cccc(Cl)c2)C(=O)O)c1. The number of hydrogen-bond acceptors (Lipinski definition) is 2. The highest BCUT2D eigenvalue weighted by molar-refractivity contribution is 6.30. The van der Waals surface area contributed by atoms with Crippen molar-refractivity contribution in [2.45, 2.75) is 33.3 Å². The van der Waals surface area contributed by atoms with Crippen LogP contribution in [-0.4, -0.2) is 17.2 Å². The van der Waals surface area contributed by atoms with E-state index < -0.39 is 12.1 Å². The van der Waals surface area contributed by atoms with Crippen molar-refractivity contribution >= 4 is 17.6 Å². The molecule has 0 saturated heterocycles. The molecular formula is C18H19ClO3. The summed E-state index contributed by atoms with van der Waals surface area (Å²) in [5, 5.41) is 10.0. The third-order valence-electron chi connectivity index (χ3n) is 3.62. The van der Waals surface area contributed by atoms with Crippen LogP contribution in [0.4, 0.5) is 0 Å². The van der Waals surface area contributed by atoms with E-state index in [9.17, 15) is 9.90 Å². The number of carboxylic acids is 1. The molecule has 0 radical (unpaired) electrons. The number of rotatable bonds is 5. The number of benzene rings is 2. The van der Waals surface area contributed by atoms with Gasteiger partial charge in [0, 0.05) is 11.4 Å². The topological polar surface area (TPSA) is 46.5 Å². The minimum absolute atomic E-state index is 0.266. The lowest BCUT2D eigenvalue weighted by molar-refractivity contribution is -0.145. The number of ether oxygens (including phenoxy) is 1. The average molecular weight is 319 g/mol. The molecule has 1 N–H and O–H groups in total. The van der Waals surface area contributed by atoms with Gasteiger partial charge in [-0.05, 0) is 61.2 Å². The van der Waals surface area contributed by atoms with E-state index in [1.165, 1.54) is 0 Å². The van der Waals surface area contributed by atoms with Crippen LogP contribution in [-0.2, 0) is 11.2 Å². The van der Waals surface area contributed by atoms with E-state index in [2.05, 4.69) is 6.07 Å². The summed E-state index contributed by atoms with van der Waals surface area (Å²) in [7, 11) is 0. The van der Waals surface area contributed by atoms with Crippen LogP contribution in [0.2, 0.25) is 5.02 Å². The zero-order valence-electron chi connectivity index (χ0n) is 12.9. The summed E-state index contributed by atoms with van der Waals surface area (Å²) < 4.78 is 5.77. The predicted molar refractivity (Wildman–Crippen MR) is 87.9 cm³/mol. The maximum Gasteiger partial charge on any atom is 0.345 e. The van der Waals surface area contributed by atoms with Gasteiger partial charge in [-0.15, -0.1) is 0 Å². The second kappa shape index (κ2) is 6.84. The van der Waals surface area contributed by atoms with Crippen LogP contribution in [0.5, 0.6) is 5.75 Å². The zero-order valence-corrected chi connectivity index (χ0v) is 13.6. The Morgan fingerprint density at radius 3 is 2.59 bits per heavy atom. The van der Waals surface area contributed by atoms with E-state index in [0.29, 0.717) is 10.8 Å². The van der Waals surface area contributed by atoms with Gasteiger partial charge in [-0.3, -0.25) is 0 Å². The van der Waals surface area contributed by atoms with Gasteiger partial charge in [0.1, 0.15) is 5.75 Å². The van der Waals surface area contributed by atoms with Gasteiger partial charge < -0.3 is 9.84 Å². The van der Waals surface area contributed by atoms with Gasteiger partial charge in [0.2, 0.25) is 0 Å². The van der Waals surface area contributed by atoms with Gasteiger partial charge in [0.05, 0.1) is 0 Å². The summed E-state index contributed by atoms with van der Waals surface area (Å²) >= 11 is 5.95. The maximum atomic E-state index is 11.5. The number of aryl methyl sites for hydroxylation is 2. The summed E-state index contributed by atoms with van der Waals surface area (Å²) in [6, 6.07) is 11.1. The third kappa shape index (κ3) is 4.01. The lowest BCUT2D eigenvalue weighted by atomic mass is 10.0. The fourth-order valence-electron chi connectivity index (χ4n) is 2.33. The molecule has 22 heavy (non-hydrogen) atoms. The Kier molecular flexibility index (Phi) is 5.09. The monoisotopic (exact) mass is 318 g/mol. The number of hydrogen-bond donors (Lipinski definition) is 1. The molecule has 1 atom stereocenters. The Labute approximate surface area is 135 Å². The molecule has 0 spiro atoms. The molecule has 2 aromatic rings. The summed E-state index contributed by atoms with van der Waals surface area (Å²) in [5.74, 6) is -0.370. The van der Waals surface area contributed by atoms with E-state index in [1.807, 2.05) is 32.9 Å². The van der Waals surface area contributed by atoms with Gasteiger partial charge in [-0.1, -0.05) is 29.8 Å². The molecule has 0 aliphatic rings. The molecule has 0 bridgehead atoms. The van der Waals surface area contributed by atoms with Crippen LogP contribution in [0, 0.1) is 20.8 Å². The smallest absolute Gasteiger partial charge is 0.345 e. The fraction of sp³-hybridized carbons (Fsp3) is 0.278. The van der Waals surface area contributed by atoms with E-state index >= 15 is 0 Å². The largest absolute Gasteiger partial charge is 0.478 e. The Hall–Kier alpha value is -2.00. The van der Waals surface area contributed by atoms with Crippen molar-refractivity contribution in [1.82, 2.24) is 0 Å². The Bertz CT molecular complexity index is 695. The highest BCUT2D eigenvalue weighted by Gasteiger charge is 2.21. The standard InChI is InChI=1S/C18H19ClO3/c1-11-7-12(2)13(3)16(8-11)22-17(18(20)21)10-14-5-4-6-15(19)9-14/h4-9,17H,10H2,1-3H3,(H,20,21)/t17-/m1/s1. The second-order valence-corrected chi connectivity index (χ2v) is 5.92. The number of aliphatic carboxylic acids is 1. The molecule has 0 saturated carbocycles. The van der Waals surface area contributed by atoms with E-state index in [-0.39, 0.29) is 6.42 Å². The lowest BCUT2D eigenvalue weighted by Gasteiger charge is -2.18. The number of carboxylic acid groups (broad SMARTS) is 1. The van der Waals surface area contributed by atoms with Gasteiger partial charge >= 0.3 is 5.97 Å². The molecule has 0 heterocycles. The first-order chi connectivity index (χ1) is 10.4. The Balaban J connectivity index is 2.25. The quantitative estimate of drug-likeness (QED) is 0.892. The van der Waals surface area contributed by atoms with E-state index in [0.717, 1.165) is 22.3 Å². The minimum Gasteiger partial charge on any atom is -0.478 e. The number of carbonyl (C=O) groups is 1. The minimum atomic E-state index is -0.987. The summed E-state index contributed by atoms with van der Waals surface area (Å²) in [5.41, 5.74) is 3.93. The molecule has 0 aliphatic heterocycles. The summed E-state index contributed by atoms with van der Waals surface area (Å²) in [4.78, 5) is 11.5. The normalized spacial score (nSPS) is 12.0. The average Bonchev–Trinajstić information content (AvgIpc) is 2.43. The maximum absolute atomic E-state index is 11.5. The zero-order chi connectivity index (χ0) is 16.3. The predicted octanol–water partition coefficient (Wildman–Crippen LogP) is 4.34. The Morgan fingerprint density at radius 2 is 1.95 bits per heavy atom. The van der Waals surface area contributed by atoms with Crippen molar-refractivity contribution in [3.63, 3.8) is 0 Å². The molecule has 2 rings (SSSR count). The molecule has 0 aromatic heterocycles. The fourth-order valence-corrected chi connectivity index (χ4v) is 2.55. The van der Waals surface area contributed by atoms with Crippen LogP contribution < -0.4 is 4.74 Å². The van der Waals surface area contributed by atoms with Gasteiger partial charge in [-0.2, -0.15) is 0 Å². The van der Waals surface area contributed by atoms with Crippen molar-refractivity contribution in [2.75, 3.05) is 0 Å². The molecule has 4 heteroatoms. The van der Waals surface area contributed by atoms with Crippen LogP contribution in [0.3, 0.4) is 0 Å². The molecule has 2 aromatic carbocycles. The van der Waals surface area contributed by atoms with Crippen molar-refractivity contribution in [1.29, 1.82) is 0 Å². The Morgan fingerprint density at radius 1 is 1.23 bits per heavy atom. The van der Waals surface area contributed by atoms with Crippen LogP contribution in [0.15, 0.2) is 36.4 Å². The van der Waals surface area contributed by atoms with Crippen LogP contribution in [0.25, 0.3) is 0 Å². The van der Waals surface area contributed by atoms with E-state index in [1.54, 1.807) is 18.2 Å². The second-order valence-electron chi connectivity index (χ2n) is 5.48. The van der Waals surface area contributed by atoms with Crippen LogP contribution in [0.1, 0.15) is 22.3 Å². The number of halogens is 1. The highest BCUT2D eigenvalue weighted by Crippen LogP contribution is 2.25. The molecular weight excluding hydrogens is 300 g/mol. The van der Waals surface area contributed by atoms with Gasteiger partial charge in [0.15, 0.2) is 6.10 Å². The first-order valence-corrected chi connectivity index (χ1v) is 7.46. The summed E-state index contributed by atoms with van der Waals surface area (Å²) in [6.45, 7) is 5.89. The lowest BCUT2D eigenvalue weighted by Crippen LogP contribution is -2.29. The third-order valence-corrected chi connectivity index (χ3v) is 3.85. The van der Waals surface area contributed by atoms with Crippen molar-refractivity contribution in [3.05, 3.63) is 63.7 Å². The van der Waals surface area contributed by atoms with Gasteiger partial charge in [0.25, 0.3) is 0 Å². The molecule has 0 fully saturated rings. The molecule has 0 amide bonds. The first kappa shape index (κ1) is 16.4. The van der Waals surface area contributed by atoms with E-state index in [4.69, 9.17) is 16.3 Å². The van der Waals surface area contributed by atoms with Crippen LogP contribution >= 0.6 is 11.6 Å².